The molecule has 5 heteroatoms. The van der Waals surface area contributed by atoms with Crippen molar-refractivity contribution >= 4 is 12.1 Å². The maximum absolute atomic E-state index is 12.4. The van der Waals surface area contributed by atoms with Crippen LogP contribution in [-0.4, -0.2) is 25.8 Å². The summed E-state index contributed by atoms with van der Waals surface area (Å²) in [7, 11) is 1.60. The Morgan fingerprint density at radius 1 is 1.17 bits per heavy atom. The zero-order valence-corrected chi connectivity index (χ0v) is 17.9. The summed E-state index contributed by atoms with van der Waals surface area (Å²) in [5, 5.41) is 4.11. The van der Waals surface area contributed by atoms with Crippen LogP contribution in [0.4, 0.5) is 0 Å². The molecule has 0 unspecified atom stereocenters. The zero-order valence-electron chi connectivity index (χ0n) is 17.9. The molecule has 0 saturated heterocycles. The van der Waals surface area contributed by atoms with Gasteiger partial charge >= 0.3 is 0 Å². The Labute approximate surface area is 173 Å². The van der Waals surface area contributed by atoms with E-state index in [0.717, 1.165) is 12.0 Å². The number of carbonyl (C=O) groups is 1. The number of hydrazone groups is 1. The first-order valence-electron chi connectivity index (χ1n) is 10.1. The standard InChI is InChI=1S/C24H30N2O3/c1-6-29-21-12-7-16(13-22(21)28-5)15-25-26-23(27)20-14-19(20)17-8-10-18(11-9-17)24(2,3)4/h7-13,15,19-20H,6,14H2,1-5H3,(H,26,27)/b25-15+/t19-,20+/m0/s1. The lowest BCUT2D eigenvalue weighted by Crippen LogP contribution is -2.20. The van der Waals surface area contributed by atoms with E-state index in [1.807, 2.05) is 25.1 Å². The molecule has 0 bridgehead atoms. The molecule has 1 aliphatic carbocycles. The van der Waals surface area contributed by atoms with Crippen molar-refractivity contribution in [3.05, 3.63) is 59.2 Å². The largest absolute Gasteiger partial charge is 0.493 e. The number of hydrogen-bond donors (Lipinski definition) is 1. The molecule has 1 saturated carbocycles. The minimum Gasteiger partial charge on any atom is -0.493 e. The average molecular weight is 395 g/mol. The van der Waals surface area contributed by atoms with Gasteiger partial charge in [0, 0.05) is 5.92 Å². The van der Waals surface area contributed by atoms with Crippen LogP contribution in [0.3, 0.4) is 0 Å². The smallest absolute Gasteiger partial charge is 0.243 e. The Hall–Kier alpha value is -2.82. The molecule has 154 valence electrons. The van der Waals surface area contributed by atoms with E-state index in [9.17, 15) is 4.79 Å². The molecule has 5 nitrogen and oxygen atoms in total. The van der Waals surface area contributed by atoms with Crippen LogP contribution in [0.25, 0.3) is 0 Å². The molecule has 2 aromatic rings. The molecule has 0 heterocycles. The van der Waals surface area contributed by atoms with E-state index in [0.29, 0.717) is 18.1 Å². The number of benzene rings is 2. The van der Waals surface area contributed by atoms with Gasteiger partial charge in [-0.2, -0.15) is 5.10 Å². The predicted molar refractivity (Wildman–Crippen MR) is 116 cm³/mol. The second-order valence-corrected chi connectivity index (χ2v) is 8.40. The highest BCUT2D eigenvalue weighted by Crippen LogP contribution is 2.47. The van der Waals surface area contributed by atoms with Gasteiger partial charge in [0.05, 0.1) is 19.9 Å². The number of amides is 1. The molecular formula is C24H30N2O3. The second kappa shape index (κ2) is 8.68. The van der Waals surface area contributed by atoms with E-state index < -0.39 is 0 Å². The van der Waals surface area contributed by atoms with Crippen molar-refractivity contribution in [1.82, 2.24) is 5.43 Å². The first kappa shape index (κ1) is 20.9. The molecule has 2 atom stereocenters. The van der Waals surface area contributed by atoms with E-state index in [1.165, 1.54) is 11.1 Å². The third-order valence-electron chi connectivity index (χ3n) is 5.21. The fraction of sp³-hybridized carbons (Fsp3) is 0.417. The number of methoxy groups -OCH3 is 1. The molecule has 1 aliphatic rings. The summed E-state index contributed by atoms with van der Waals surface area (Å²) in [6.45, 7) is 9.10. The van der Waals surface area contributed by atoms with Gasteiger partial charge in [-0.25, -0.2) is 5.43 Å². The first-order valence-corrected chi connectivity index (χ1v) is 10.1. The van der Waals surface area contributed by atoms with Gasteiger partial charge in [-0.15, -0.1) is 0 Å². The lowest BCUT2D eigenvalue weighted by atomic mass is 9.86. The summed E-state index contributed by atoms with van der Waals surface area (Å²) >= 11 is 0. The zero-order chi connectivity index (χ0) is 21.0. The number of ether oxygens (including phenoxy) is 2. The predicted octanol–water partition coefficient (Wildman–Crippen LogP) is 4.65. The van der Waals surface area contributed by atoms with Crippen molar-refractivity contribution in [1.29, 1.82) is 0 Å². The van der Waals surface area contributed by atoms with Crippen LogP contribution in [-0.2, 0) is 10.2 Å². The molecule has 29 heavy (non-hydrogen) atoms. The molecule has 0 spiro atoms. The van der Waals surface area contributed by atoms with Gasteiger partial charge < -0.3 is 9.47 Å². The number of rotatable bonds is 7. The van der Waals surface area contributed by atoms with Gasteiger partial charge in [-0.05, 0) is 59.6 Å². The van der Waals surface area contributed by atoms with Crippen molar-refractivity contribution in [3.63, 3.8) is 0 Å². The Kier molecular flexibility index (Phi) is 6.26. The van der Waals surface area contributed by atoms with E-state index >= 15 is 0 Å². The SMILES string of the molecule is CCOc1ccc(/C=N/NC(=O)[C@@H]2C[C@H]2c2ccc(C(C)(C)C)cc2)cc1OC. The third kappa shape index (κ3) is 5.17. The van der Waals surface area contributed by atoms with Crippen molar-refractivity contribution < 1.29 is 14.3 Å². The van der Waals surface area contributed by atoms with Gasteiger partial charge in [-0.1, -0.05) is 45.0 Å². The number of nitrogens with zero attached hydrogens (tertiary/aromatic N) is 1. The Morgan fingerprint density at radius 3 is 2.52 bits per heavy atom. The van der Waals surface area contributed by atoms with Crippen LogP contribution < -0.4 is 14.9 Å². The van der Waals surface area contributed by atoms with Crippen LogP contribution in [0, 0.1) is 5.92 Å². The third-order valence-corrected chi connectivity index (χ3v) is 5.21. The van der Waals surface area contributed by atoms with Crippen LogP contribution in [0.2, 0.25) is 0 Å². The molecular weight excluding hydrogens is 364 g/mol. The van der Waals surface area contributed by atoms with Gasteiger partial charge in [0.25, 0.3) is 0 Å². The fourth-order valence-electron chi connectivity index (χ4n) is 3.38. The highest BCUT2D eigenvalue weighted by atomic mass is 16.5. The lowest BCUT2D eigenvalue weighted by Gasteiger charge is -2.19. The molecule has 2 aromatic carbocycles. The van der Waals surface area contributed by atoms with E-state index in [-0.39, 0.29) is 23.2 Å². The summed E-state index contributed by atoms with van der Waals surface area (Å²) in [6, 6.07) is 14.2. The van der Waals surface area contributed by atoms with Crippen molar-refractivity contribution in [2.75, 3.05) is 13.7 Å². The highest BCUT2D eigenvalue weighted by Gasteiger charge is 2.44. The quantitative estimate of drug-likeness (QED) is 0.549. The molecule has 1 fully saturated rings. The Morgan fingerprint density at radius 2 is 1.90 bits per heavy atom. The van der Waals surface area contributed by atoms with Crippen molar-refractivity contribution in [2.24, 2.45) is 11.0 Å². The summed E-state index contributed by atoms with van der Waals surface area (Å²) in [6.07, 6.45) is 2.48. The summed E-state index contributed by atoms with van der Waals surface area (Å²) < 4.78 is 10.8. The van der Waals surface area contributed by atoms with Crippen molar-refractivity contribution in [2.45, 2.75) is 45.4 Å². The van der Waals surface area contributed by atoms with Crippen LogP contribution in [0.5, 0.6) is 11.5 Å². The van der Waals surface area contributed by atoms with Gasteiger partial charge in [0.2, 0.25) is 5.91 Å². The van der Waals surface area contributed by atoms with Gasteiger partial charge in [0.1, 0.15) is 0 Å². The molecule has 0 aliphatic heterocycles. The summed E-state index contributed by atoms with van der Waals surface area (Å²) in [4.78, 5) is 12.4. The van der Waals surface area contributed by atoms with Crippen LogP contribution >= 0.6 is 0 Å². The minimum atomic E-state index is -0.0379. The molecule has 3 rings (SSSR count). The molecule has 1 amide bonds. The number of carbonyl (C=O) groups excluding carboxylic acids is 1. The molecule has 0 aromatic heterocycles. The maximum Gasteiger partial charge on any atom is 0.243 e. The number of nitrogens with one attached hydrogen (secondary N) is 1. The topological polar surface area (TPSA) is 59.9 Å². The summed E-state index contributed by atoms with van der Waals surface area (Å²) in [5.41, 5.74) is 6.15. The monoisotopic (exact) mass is 394 g/mol. The van der Waals surface area contributed by atoms with Crippen molar-refractivity contribution in [3.8, 4) is 11.5 Å². The van der Waals surface area contributed by atoms with Gasteiger partial charge in [0.15, 0.2) is 11.5 Å². The van der Waals surface area contributed by atoms with Crippen LogP contribution in [0.15, 0.2) is 47.6 Å². The average Bonchev–Trinajstić information content (AvgIpc) is 3.49. The summed E-state index contributed by atoms with van der Waals surface area (Å²) in [5.74, 6) is 1.56. The normalized spacial score (nSPS) is 18.5. The van der Waals surface area contributed by atoms with E-state index in [1.54, 1.807) is 13.3 Å². The fourth-order valence-corrected chi connectivity index (χ4v) is 3.38. The van der Waals surface area contributed by atoms with Crippen LogP contribution in [0.1, 0.15) is 56.7 Å². The minimum absolute atomic E-state index is 0.0116. The lowest BCUT2D eigenvalue weighted by molar-refractivity contribution is -0.122. The second-order valence-electron chi connectivity index (χ2n) is 8.40. The molecule has 0 radical (unpaired) electrons. The number of hydrogen-bond acceptors (Lipinski definition) is 4. The van der Waals surface area contributed by atoms with Gasteiger partial charge in [-0.3, -0.25) is 4.79 Å². The maximum atomic E-state index is 12.4. The Balaban J connectivity index is 1.55. The highest BCUT2D eigenvalue weighted by molar-refractivity contribution is 5.86. The molecule has 1 N–H and O–H groups in total. The first-order chi connectivity index (χ1) is 13.8. The van der Waals surface area contributed by atoms with E-state index in [4.69, 9.17) is 9.47 Å². The van der Waals surface area contributed by atoms with E-state index in [2.05, 4.69) is 55.6 Å². The Bertz CT molecular complexity index is 882.